The molecule has 0 unspecified atom stereocenters. The lowest BCUT2D eigenvalue weighted by molar-refractivity contribution is 1.18. The predicted octanol–water partition coefficient (Wildman–Crippen LogP) is 8.18. The topological polar surface area (TPSA) is 9.86 Å². The molecule has 0 saturated heterocycles. The van der Waals surface area contributed by atoms with Crippen LogP contribution in [0.3, 0.4) is 0 Å². The minimum atomic E-state index is -0.608. The summed E-state index contributed by atoms with van der Waals surface area (Å²) in [5, 5.41) is 13.6. The molecule has 0 atom stereocenters. The van der Waals surface area contributed by atoms with E-state index in [1.165, 1.54) is 86.9 Å². The molecule has 0 fully saturated rings. The number of rotatable bonds is 4. The van der Waals surface area contributed by atoms with E-state index in [0.29, 0.717) is 0 Å². The van der Waals surface area contributed by atoms with Crippen LogP contribution in [0.2, 0.25) is 0 Å². The fourth-order valence-corrected chi connectivity index (χ4v) is 8.97. The highest BCUT2D eigenvalue weighted by Crippen LogP contribution is 2.39. The molecule has 43 heavy (non-hydrogen) atoms. The van der Waals surface area contributed by atoms with Crippen molar-refractivity contribution in [1.29, 1.82) is 0 Å². The van der Waals surface area contributed by atoms with Gasteiger partial charge in [0.15, 0.2) is 0 Å². The van der Waals surface area contributed by atoms with Crippen LogP contribution in [0.4, 0.5) is 0 Å². The summed E-state index contributed by atoms with van der Waals surface area (Å²) in [6.45, 7) is 0. The predicted molar refractivity (Wildman–Crippen MR) is 187 cm³/mol. The van der Waals surface area contributed by atoms with E-state index in [4.69, 9.17) is 0 Å². The first-order chi connectivity index (χ1) is 21.3. The Hall–Kier alpha value is -5.38. The summed E-state index contributed by atoms with van der Waals surface area (Å²) in [6, 6.07) is 54.2. The molecule has 2 aromatic heterocycles. The van der Waals surface area contributed by atoms with E-state index in [9.17, 15) is 0 Å². The SMILES string of the molecule is c1cc2ccc3cccc4c3c2c(c1)n4-c1ccc([SiH2]c2ccc(-n3c4cccc5ccc6cccc3c6c54)cc2)cc1. The third kappa shape index (κ3) is 3.23. The minimum absolute atomic E-state index is 0.608. The summed E-state index contributed by atoms with van der Waals surface area (Å²) in [6.07, 6.45) is 0. The Balaban J connectivity index is 1.01. The Labute approximate surface area is 250 Å². The van der Waals surface area contributed by atoms with Gasteiger partial charge in [-0.05, 0) is 70.1 Å². The maximum absolute atomic E-state index is 2.43. The van der Waals surface area contributed by atoms with Crippen LogP contribution in [0.1, 0.15) is 0 Å². The zero-order valence-corrected chi connectivity index (χ0v) is 24.9. The standard InChI is InChI=1S/C40H26N2Si/c1-5-25-13-14-26-6-2-10-34-38(26)37(25)33(9-1)41(34)29-17-21-31(22-18-29)43-32-23-19-30(20-24-32)42-35-11-3-7-27-15-16-28-8-4-12-36(42)40(28)39(27)35/h1-24H,43H2. The van der Waals surface area contributed by atoms with Gasteiger partial charge in [0.25, 0.3) is 0 Å². The average molecular weight is 563 g/mol. The Morgan fingerprint density at radius 2 is 0.605 bits per heavy atom. The highest BCUT2D eigenvalue weighted by Gasteiger charge is 2.17. The molecule has 0 bridgehead atoms. The second-order valence-electron chi connectivity index (χ2n) is 11.8. The molecule has 10 rings (SSSR count). The van der Waals surface area contributed by atoms with Gasteiger partial charge in [0, 0.05) is 32.9 Å². The van der Waals surface area contributed by atoms with Gasteiger partial charge < -0.3 is 9.13 Å². The zero-order chi connectivity index (χ0) is 28.1. The molecule has 2 heterocycles. The van der Waals surface area contributed by atoms with Crippen LogP contribution < -0.4 is 10.4 Å². The van der Waals surface area contributed by atoms with E-state index in [2.05, 4.69) is 155 Å². The smallest absolute Gasteiger partial charge is 0.0875 e. The van der Waals surface area contributed by atoms with Crippen molar-refractivity contribution >= 4 is 85.0 Å². The van der Waals surface area contributed by atoms with Gasteiger partial charge in [0.1, 0.15) is 0 Å². The molecule has 2 nitrogen and oxygen atoms in total. The summed E-state index contributed by atoms with van der Waals surface area (Å²) in [7, 11) is -0.608. The summed E-state index contributed by atoms with van der Waals surface area (Å²) in [5.74, 6) is 0. The molecule has 0 N–H and O–H groups in total. The third-order valence-corrected chi connectivity index (χ3v) is 11.2. The molecule has 10 aromatic rings. The van der Waals surface area contributed by atoms with Crippen molar-refractivity contribution in [3.8, 4) is 11.4 Å². The van der Waals surface area contributed by atoms with Crippen molar-refractivity contribution in [3.05, 3.63) is 146 Å². The van der Waals surface area contributed by atoms with E-state index < -0.39 is 9.52 Å². The molecular formula is C40H26N2Si. The van der Waals surface area contributed by atoms with Crippen LogP contribution >= 0.6 is 0 Å². The molecule has 0 aliphatic carbocycles. The van der Waals surface area contributed by atoms with Gasteiger partial charge in [-0.3, -0.25) is 0 Å². The highest BCUT2D eigenvalue weighted by atomic mass is 28.2. The number of hydrogen-bond donors (Lipinski definition) is 0. The Bertz CT molecular complexity index is 2300. The Morgan fingerprint density at radius 3 is 0.907 bits per heavy atom. The van der Waals surface area contributed by atoms with E-state index in [1.807, 2.05) is 0 Å². The van der Waals surface area contributed by atoms with E-state index in [0.717, 1.165) is 0 Å². The van der Waals surface area contributed by atoms with E-state index >= 15 is 0 Å². The van der Waals surface area contributed by atoms with Gasteiger partial charge in [-0.25, -0.2) is 0 Å². The molecule has 0 radical (unpaired) electrons. The molecule has 0 saturated carbocycles. The van der Waals surface area contributed by atoms with Crippen molar-refractivity contribution in [1.82, 2.24) is 9.13 Å². The number of nitrogens with zero attached hydrogens (tertiary/aromatic N) is 2. The van der Waals surface area contributed by atoms with Crippen LogP contribution in [0.25, 0.3) is 76.5 Å². The Morgan fingerprint density at radius 1 is 0.302 bits per heavy atom. The van der Waals surface area contributed by atoms with Crippen molar-refractivity contribution in [3.63, 3.8) is 0 Å². The first-order valence-corrected chi connectivity index (χ1v) is 16.4. The van der Waals surface area contributed by atoms with Gasteiger partial charge in [-0.1, -0.05) is 107 Å². The number of benzene rings is 8. The quantitative estimate of drug-likeness (QED) is 0.151. The maximum atomic E-state index is 2.43. The number of aromatic nitrogens is 2. The van der Waals surface area contributed by atoms with Crippen molar-refractivity contribution in [2.75, 3.05) is 0 Å². The van der Waals surface area contributed by atoms with Gasteiger partial charge in [0.2, 0.25) is 0 Å². The lowest BCUT2D eigenvalue weighted by Crippen LogP contribution is -2.26. The van der Waals surface area contributed by atoms with Crippen molar-refractivity contribution < 1.29 is 0 Å². The van der Waals surface area contributed by atoms with Crippen LogP contribution in [0.15, 0.2) is 146 Å². The second-order valence-corrected chi connectivity index (χ2v) is 13.8. The van der Waals surface area contributed by atoms with Gasteiger partial charge in [0.05, 0.1) is 31.6 Å². The highest BCUT2D eigenvalue weighted by molar-refractivity contribution is 6.67. The molecule has 0 aliphatic heterocycles. The largest absolute Gasteiger partial charge is 0.309 e. The second kappa shape index (κ2) is 8.57. The van der Waals surface area contributed by atoms with Crippen LogP contribution in [-0.2, 0) is 0 Å². The molecule has 0 aliphatic rings. The fraction of sp³-hybridized carbons (Fsp3) is 0. The monoisotopic (exact) mass is 562 g/mol. The first-order valence-electron chi connectivity index (χ1n) is 15.0. The fourth-order valence-electron chi connectivity index (χ4n) is 7.56. The van der Waals surface area contributed by atoms with Gasteiger partial charge in [-0.15, -0.1) is 0 Å². The third-order valence-electron chi connectivity index (χ3n) is 9.44. The summed E-state index contributed by atoms with van der Waals surface area (Å²) >= 11 is 0. The lowest BCUT2D eigenvalue weighted by Gasteiger charge is -2.11. The van der Waals surface area contributed by atoms with Crippen LogP contribution in [0, 0.1) is 0 Å². The molecular weight excluding hydrogens is 537 g/mol. The molecule has 3 heteroatoms. The molecule has 8 aromatic carbocycles. The molecule has 0 spiro atoms. The summed E-state index contributed by atoms with van der Waals surface area (Å²) in [5.41, 5.74) is 7.56. The van der Waals surface area contributed by atoms with Gasteiger partial charge >= 0.3 is 0 Å². The van der Waals surface area contributed by atoms with E-state index in [1.54, 1.807) is 0 Å². The summed E-state index contributed by atoms with van der Waals surface area (Å²) < 4.78 is 4.86. The average Bonchev–Trinajstić information content (AvgIpc) is 3.59. The Kier molecular flexibility index (Phi) is 4.63. The van der Waals surface area contributed by atoms with Crippen LogP contribution in [-0.4, -0.2) is 18.7 Å². The van der Waals surface area contributed by atoms with Crippen molar-refractivity contribution in [2.45, 2.75) is 0 Å². The molecule has 0 amide bonds. The zero-order valence-electron chi connectivity index (χ0n) is 23.5. The van der Waals surface area contributed by atoms with E-state index in [-0.39, 0.29) is 0 Å². The van der Waals surface area contributed by atoms with Gasteiger partial charge in [-0.2, -0.15) is 0 Å². The first kappa shape index (κ1) is 23.2. The van der Waals surface area contributed by atoms with Crippen molar-refractivity contribution in [2.24, 2.45) is 0 Å². The normalized spacial score (nSPS) is 12.3. The number of hydrogen-bond acceptors (Lipinski definition) is 0. The minimum Gasteiger partial charge on any atom is -0.309 e. The van der Waals surface area contributed by atoms with Crippen LogP contribution in [0.5, 0.6) is 0 Å². The summed E-state index contributed by atoms with van der Waals surface area (Å²) in [4.78, 5) is 0. The maximum Gasteiger partial charge on any atom is 0.0875 e. The lowest BCUT2D eigenvalue weighted by atomic mass is 10.0. The molecule has 200 valence electrons.